The highest BCUT2D eigenvalue weighted by Crippen LogP contribution is 2.05. The molecule has 0 radical (unpaired) electrons. The van der Waals surface area contributed by atoms with Crippen molar-refractivity contribution < 1.29 is 9.53 Å². The summed E-state index contributed by atoms with van der Waals surface area (Å²) in [7, 11) is 3.43. The number of carbonyl (C=O) groups is 1. The van der Waals surface area contributed by atoms with E-state index in [-0.39, 0.29) is 11.9 Å². The maximum atomic E-state index is 11.6. The first-order valence-electron chi connectivity index (χ1n) is 5.15. The Labute approximate surface area is 95.0 Å². The minimum atomic E-state index is -0.291. The topological polar surface area (TPSA) is 68.2 Å². The molecule has 6 nitrogen and oxygen atoms in total. The number of nitrogens with zero attached hydrogens (tertiary/aromatic N) is 2. The van der Waals surface area contributed by atoms with E-state index in [0.717, 1.165) is 5.69 Å². The molecule has 90 valence electrons. The zero-order chi connectivity index (χ0) is 12.0. The van der Waals surface area contributed by atoms with Gasteiger partial charge in [-0.25, -0.2) is 0 Å². The van der Waals surface area contributed by atoms with Crippen LogP contribution in [-0.4, -0.2) is 42.0 Å². The molecule has 0 aliphatic carbocycles. The second-order valence-electron chi connectivity index (χ2n) is 3.55. The van der Waals surface area contributed by atoms with Crippen molar-refractivity contribution in [2.24, 2.45) is 7.05 Å². The van der Waals surface area contributed by atoms with E-state index >= 15 is 0 Å². The molecule has 1 amide bonds. The molecule has 2 N–H and O–H groups in total. The summed E-state index contributed by atoms with van der Waals surface area (Å²) in [6.45, 7) is 2.84. The van der Waals surface area contributed by atoms with Crippen molar-refractivity contribution in [3.05, 3.63) is 12.4 Å². The Bertz CT molecular complexity index is 337. The smallest absolute Gasteiger partial charge is 0.242 e. The number of amides is 1. The monoisotopic (exact) mass is 226 g/mol. The van der Waals surface area contributed by atoms with Crippen LogP contribution in [-0.2, 0) is 16.6 Å². The van der Waals surface area contributed by atoms with Crippen molar-refractivity contribution in [2.75, 3.05) is 25.6 Å². The van der Waals surface area contributed by atoms with Gasteiger partial charge < -0.3 is 15.4 Å². The normalized spacial score (nSPS) is 12.2. The third-order valence-corrected chi connectivity index (χ3v) is 2.09. The Hall–Kier alpha value is -1.56. The molecule has 6 heteroatoms. The van der Waals surface area contributed by atoms with Crippen molar-refractivity contribution in [2.45, 2.75) is 13.0 Å². The van der Waals surface area contributed by atoms with Gasteiger partial charge in [0.05, 0.1) is 18.5 Å². The summed E-state index contributed by atoms with van der Waals surface area (Å²) in [4.78, 5) is 11.6. The second-order valence-corrected chi connectivity index (χ2v) is 3.55. The second kappa shape index (κ2) is 6.12. The molecule has 0 aliphatic heterocycles. The highest BCUT2D eigenvalue weighted by Gasteiger charge is 2.12. The maximum absolute atomic E-state index is 11.6. The number of rotatable bonds is 6. The molecule has 1 rings (SSSR count). The van der Waals surface area contributed by atoms with E-state index < -0.39 is 0 Å². The Kier molecular flexibility index (Phi) is 4.78. The van der Waals surface area contributed by atoms with Crippen LogP contribution >= 0.6 is 0 Å². The van der Waals surface area contributed by atoms with Crippen LogP contribution in [0.25, 0.3) is 0 Å². The molecule has 0 spiro atoms. The molecule has 0 fully saturated rings. The van der Waals surface area contributed by atoms with Gasteiger partial charge in [-0.3, -0.25) is 9.48 Å². The van der Waals surface area contributed by atoms with Crippen molar-refractivity contribution >= 4 is 11.6 Å². The summed E-state index contributed by atoms with van der Waals surface area (Å²) in [5.74, 6) is -0.0547. The summed E-state index contributed by atoms with van der Waals surface area (Å²) in [6, 6.07) is -0.291. The van der Waals surface area contributed by atoms with Gasteiger partial charge in [0.15, 0.2) is 0 Å². The van der Waals surface area contributed by atoms with Crippen molar-refractivity contribution in [1.82, 2.24) is 15.1 Å². The Morgan fingerprint density at radius 2 is 2.44 bits per heavy atom. The van der Waals surface area contributed by atoms with Crippen molar-refractivity contribution in [3.8, 4) is 0 Å². The number of aromatic nitrogens is 2. The lowest BCUT2D eigenvalue weighted by Crippen LogP contribution is -2.38. The number of methoxy groups -OCH3 is 1. The van der Waals surface area contributed by atoms with Crippen LogP contribution in [0.2, 0.25) is 0 Å². The van der Waals surface area contributed by atoms with Crippen LogP contribution in [0.4, 0.5) is 5.69 Å². The molecule has 1 aromatic heterocycles. The molecule has 16 heavy (non-hydrogen) atoms. The fraction of sp³-hybridized carbons (Fsp3) is 0.600. The summed E-state index contributed by atoms with van der Waals surface area (Å²) in [5.41, 5.74) is 0.830. The van der Waals surface area contributed by atoms with E-state index in [1.807, 2.05) is 13.2 Å². The van der Waals surface area contributed by atoms with Gasteiger partial charge in [-0.2, -0.15) is 5.10 Å². The van der Waals surface area contributed by atoms with Gasteiger partial charge >= 0.3 is 0 Å². The first-order chi connectivity index (χ1) is 7.63. The Morgan fingerprint density at radius 3 is 3.00 bits per heavy atom. The van der Waals surface area contributed by atoms with Gasteiger partial charge in [0.2, 0.25) is 5.91 Å². The quantitative estimate of drug-likeness (QED) is 0.669. The van der Waals surface area contributed by atoms with Crippen molar-refractivity contribution in [1.29, 1.82) is 0 Å². The third kappa shape index (κ3) is 3.90. The van der Waals surface area contributed by atoms with E-state index in [2.05, 4.69) is 15.7 Å². The zero-order valence-corrected chi connectivity index (χ0v) is 9.86. The van der Waals surface area contributed by atoms with Gasteiger partial charge in [0.25, 0.3) is 0 Å². The fourth-order valence-electron chi connectivity index (χ4n) is 1.24. The van der Waals surface area contributed by atoms with Gasteiger partial charge in [-0.05, 0) is 6.92 Å². The van der Waals surface area contributed by atoms with E-state index in [9.17, 15) is 4.79 Å². The fourth-order valence-corrected chi connectivity index (χ4v) is 1.24. The molecule has 0 aliphatic rings. The van der Waals surface area contributed by atoms with Crippen LogP contribution < -0.4 is 10.6 Å². The van der Waals surface area contributed by atoms with Gasteiger partial charge in [-0.15, -0.1) is 0 Å². The van der Waals surface area contributed by atoms with Crippen LogP contribution in [0, 0.1) is 0 Å². The predicted octanol–water partition coefficient (Wildman–Crippen LogP) is -0.0169. The van der Waals surface area contributed by atoms with E-state index in [1.165, 1.54) is 0 Å². The Balaban J connectivity index is 2.34. The first-order valence-corrected chi connectivity index (χ1v) is 5.15. The van der Waals surface area contributed by atoms with Gasteiger partial charge in [0.1, 0.15) is 6.04 Å². The third-order valence-electron chi connectivity index (χ3n) is 2.09. The molecule has 1 heterocycles. The highest BCUT2D eigenvalue weighted by molar-refractivity contribution is 5.83. The number of aryl methyl sites for hydroxylation is 1. The number of hydrogen-bond donors (Lipinski definition) is 2. The number of nitrogens with one attached hydrogen (secondary N) is 2. The molecule has 0 saturated carbocycles. The molecule has 0 bridgehead atoms. The highest BCUT2D eigenvalue weighted by atomic mass is 16.5. The van der Waals surface area contributed by atoms with Crippen LogP contribution in [0.3, 0.4) is 0 Å². The maximum Gasteiger partial charge on any atom is 0.242 e. The summed E-state index contributed by atoms with van der Waals surface area (Å²) < 4.78 is 6.52. The molecule has 1 atom stereocenters. The SMILES string of the molecule is COCCNC(=O)C(C)Nc1cnn(C)c1. The van der Waals surface area contributed by atoms with Crippen molar-refractivity contribution in [3.63, 3.8) is 0 Å². The largest absolute Gasteiger partial charge is 0.383 e. The van der Waals surface area contributed by atoms with Crippen LogP contribution in [0.5, 0.6) is 0 Å². The lowest BCUT2D eigenvalue weighted by atomic mass is 10.3. The van der Waals surface area contributed by atoms with Crippen LogP contribution in [0.15, 0.2) is 12.4 Å². The number of hydrogen-bond acceptors (Lipinski definition) is 4. The minimum absolute atomic E-state index is 0.0547. The molecule has 0 aromatic carbocycles. The molecule has 1 unspecified atom stereocenters. The molecule has 0 saturated heterocycles. The molecular formula is C10H18N4O2. The van der Waals surface area contributed by atoms with E-state index in [0.29, 0.717) is 13.2 Å². The lowest BCUT2D eigenvalue weighted by Gasteiger charge is -2.13. The zero-order valence-electron chi connectivity index (χ0n) is 9.86. The Morgan fingerprint density at radius 1 is 1.69 bits per heavy atom. The van der Waals surface area contributed by atoms with Crippen LogP contribution in [0.1, 0.15) is 6.92 Å². The summed E-state index contributed by atoms with van der Waals surface area (Å²) >= 11 is 0. The van der Waals surface area contributed by atoms with E-state index in [1.54, 1.807) is 24.9 Å². The standard InChI is InChI=1S/C10H18N4O2/c1-8(10(15)11-4-5-16-3)13-9-6-12-14(2)7-9/h6-8,13H,4-5H2,1-3H3,(H,11,15). The summed E-state index contributed by atoms with van der Waals surface area (Å²) in [5, 5.41) is 9.82. The molecular weight excluding hydrogens is 208 g/mol. The average molecular weight is 226 g/mol. The van der Waals surface area contributed by atoms with Gasteiger partial charge in [0, 0.05) is 26.9 Å². The number of carbonyl (C=O) groups excluding carboxylic acids is 1. The predicted molar refractivity (Wildman–Crippen MR) is 61.2 cm³/mol. The lowest BCUT2D eigenvalue weighted by molar-refractivity contribution is -0.121. The first kappa shape index (κ1) is 12.5. The van der Waals surface area contributed by atoms with E-state index in [4.69, 9.17) is 4.74 Å². The number of ether oxygens (including phenoxy) is 1. The minimum Gasteiger partial charge on any atom is -0.383 e. The average Bonchev–Trinajstić information content (AvgIpc) is 2.64. The van der Waals surface area contributed by atoms with Gasteiger partial charge in [-0.1, -0.05) is 0 Å². The number of anilines is 1. The molecule has 1 aromatic rings. The summed E-state index contributed by atoms with van der Waals surface area (Å²) in [6.07, 6.45) is 3.50.